The van der Waals surface area contributed by atoms with Crippen molar-refractivity contribution < 1.29 is 9.53 Å². The number of hydrogen-bond acceptors (Lipinski definition) is 3. The van der Waals surface area contributed by atoms with Crippen LogP contribution in [0.2, 0.25) is 0 Å². The summed E-state index contributed by atoms with van der Waals surface area (Å²) in [5, 5.41) is 0. The SMILES string of the molecule is COC(=O)C1CCN1C(C)C1CC2CCC1C2. The van der Waals surface area contributed by atoms with Crippen LogP contribution in [0.25, 0.3) is 0 Å². The number of carbonyl (C=O) groups is 1. The number of ether oxygens (including phenoxy) is 1. The van der Waals surface area contributed by atoms with Crippen molar-refractivity contribution in [2.75, 3.05) is 13.7 Å². The first-order valence-corrected chi connectivity index (χ1v) is 7.04. The van der Waals surface area contributed by atoms with E-state index in [1.54, 1.807) is 0 Å². The molecule has 0 N–H and O–H groups in total. The molecule has 17 heavy (non-hydrogen) atoms. The number of esters is 1. The van der Waals surface area contributed by atoms with E-state index in [1.807, 2.05) is 0 Å². The molecule has 2 aliphatic carbocycles. The lowest BCUT2D eigenvalue weighted by Gasteiger charge is -2.46. The molecule has 3 aliphatic rings. The molecule has 3 fully saturated rings. The summed E-state index contributed by atoms with van der Waals surface area (Å²) in [6.07, 6.45) is 6.71. The Bertz CT molecular complexity index is 317. The summed E-state index contributed by atoms with van der Waals surface area (Å²) in [5.41, 5.74) is 0. The van der Waals surface area contributed by atoms with Gasteiger partial charge in [0.05, 0.1) is 7.11 Å². The molecule has 1 heterocycles. The third kappa shape index (κ3) is 1.79. The summed E-state index contributed by atoms with van der Waals surface area (Å²) < 4.78 is 4.88. The first-order chi connectivity index (χ1) is 8.20. The molecule has 5 unspecified atom stereocenters. The first-order valence-electron chi connectivity index (χ1n) is 7.04. The van der Waals surface area contributed by atoms with Gasteiger partial charge in [-0.25, -0.2) is 0 Å². The third-order valence-electron chi connectivity index (χ3n) is 5.47. The molecule has 0 aromatic rings. The fraction of sp³-hybridized carbons (Fsp3) is 0.929. The van der Waals surface area contributed by atoms with Crippen LogP contribution in [0.4, 0.5) is 0 Å². The Kier molecular flexibility index (Phi) is 2.89. The lowest BCUT2D eigenvalue weighted by molar-refractivity contribution is -0.155. The van der Waals surface area contributed by atoms with Gasteiger partial charge in [-0.3, -0.25) is 9.69 Å². The number of fused-ring (bicyclic) bond motifs is 2. The van der Waals surface area contributed by atoms with E-state index in [4.69, 9.17) is 4.74 Å². The molecule has 3 rings (SSSR count). The van der Waals surface area contributed by atoms with E-state index in [2.05, 4.69) is 11.8 Å². The maximum absolute atomic E-state index is 11.6. The standard InChI is InChI=1S/C14H23NO2/c1-9(12-8-10-3-4-11(12)7-10)15-6-5-13(15)14(16)17-2/h9-13H,3-8H2,1-2H3. The molecular formula is C14H23NO2. The minimum Gasteiger partial charge on any atom is -0.468 e. The van der Waals surface area contributed by atoms with E-state index in [0.29, 0.717) is 6.04 Å². The minimum absolute atomic E-state index is 0.0359. The van der Waals surface area contributed by atoms with Gasteiger partial charge >= 0.3 is 5.97 Å². The topological polar surface area (TPSA) is 29.5 Å². The van der Waals surface area contributed by atoms with Gasteiger partial charge in [-0.15, -0.1) is 0 Å². The number of carbonyl (C=O) groups excluding carboxylic acids is 1. The van der Waals surface area contributed by atoms with Gasteiger partial charge in [0.1, 0.15) is 6.04 Å². The molecule has 1 aliphatic heterocycles. The molecule has 2 saturated carbocycles. The van der Waals surface area contributed by atoms with E-state index >= 15 is 0 Å². The van der Waals surface area contributed by atoms with Crippen molar-refractivity contribution in [3.8, 4) is 0 Å². The van der Waals surface area contributed by atoms with E-state index < -0.39 is 0 Å². The highest BCUT2D eigenvalue weighted by atomic mass is 16.5. The van der Waals surface area contributed by atoms with Gasteiger partial charge in [-0.1, -0.05) is 6.42 Å². The highest BCUT2D eigenvalue weighted by Crippen LogP contribution is 2.51. The van der Waals surface area contributed by atoms with Crippen LogP contribution in [0.1, 0.15) is 39.0 Å². The molecule has 96 valence electrons. The average Bonchev–Trinajstić information content (AvgIpc) is 2.88. The van der Waals surface area contributed by atoms with Crippen molar-refractivity contribution in [3.05, 3.63) is 0 Å². The van der Waals surface area contributed by atoms with Gasteiger partial charge in [-0.2, -0.15) is 0 Å². The van der Waals surface area contributed by atoms with Gasteiger partial charge in [-0.05, 0) is 50.4 Å². The molecule has 3 heteroatoms. The van der Waals surface area contributed by atoms with Crippen LogP contribution in [0.5, 0.6) is 0 Å². The average molecular weight is 237 g/mol. The van der Waals surface area contributed by atoms with Crippen molar-refractivity contribution in [1.29, 1.82) is 0 Å². The zero-order chi connectivity index (χ0) is 12.0. The van der Waals surface area contributed by atoms with E-state index in [0.717, 1.165) is 30.7 Å². The molecular weight excluding hydrogens is 214 g/mol. The Morgan fingerprint density at radius 1 is 1.29 bits per heavy atom. The number of hydrogen-bond donors (Lipinski definition) is 0. The van der Waals surface area contributed by atoms with Crippen molar-refractivity contribution in [2.45, 2.75) is 51.1 Å². The zero-order valence-corrected chi connectivity index (χ0v) is 10.9. The van der Waals surface area contributed by atoms with Crippen LogP contribution in [-0.2, 0) is 9.53 Å². The zero-order valence-electron chi connectivity index (χ0n) is 10.9. The molecule has 2 bridgehead atoms. The smallest absolute Gasteiger partial charge is 0.323 e. The Morgan fingerprint density at radius 3 is 2.59 bits per heavy atom. The number of likely N-dealkylation sites (tertiary alicyclic amines) is 1. The largest absolute Gasteiger partial charge is 0.468 e. The van der Waals surface area contributed by atoms with Gasteiger partial charge in [0.25, 0.3) is 0 Å². The highest BCUT2D eigenvalue weighted by Gasteiger charge is 2.47. The lowest BCUT2D eigenvalue weighted by atomic mass is 9.81. The van der Waals surface area contributed by atoms with E-state index in [9.17, 15) is 4.79 Å². The molecule has 0 aromatic heterocycles. The second-order valence-electron chi connectivity index (χ2n) is 6.14. The van der Waals surface area contributed by atoms with Crippen molar-refractivity contribution in [3.63, 3.8) is 0 Å². The quantitative estimate of drug-likeness (QED) is 0.704. The van der Waals surface area contributed by atoms with Crippen LogP contribution in [0.3, 0.4) is 0 Å². The number of rotatable bonds is 3. The van der Waals surface area contributed by atoms with Crippen LogP contribution in [-0.4, -0.2) is 36.6 Å². The van der Waals surface area contributed by atoms with Crippen LogP contribution in [0, 0.1) is 17.8 Å². The molecule has 0 radical (unpaired) electrons. The van der Waals surface area contributed by atoms with Crippen LogP contribution >= 0.6 is 0 Å². The van der Waals surface area contributed by atoms with Crippen LogP contribution < -0.4 is 0 Å². The van der Waals surface area contributed by atoms with E-state index in [1.165, 1.54) is 32.8 Å². The Balaban J connectivity index is 1.63. The Morgan fingerprint density at radius 2 is 2.12 bits per heavy atom. The molecule has 3 nitrogen and oxygen atoms in total. The second-order valence-corrected chi connectivity index (χ2v) is 6.14. The maximum Gasteiger partial charge on any atom is 0.323 e. The molecule has 1 saturated heterocycles. The van der Waals surface area contributed by atoms with Crippen molar-refractivity contribution in [2.24, 2.45) is 17.8 Å². The molecule has 0 spiro atoms. The third-order valence-corrected chi connectivity index (χ3v) is 5.47. The molecule has 0 amide bonds. The predicted molar refractivity (Wildman–Crippen MR) is 65.5 cm³/mol. The minimum atomic E-state index is -0.0359. The summed E-state index contributed by atoms with van der Waals surface area (Å²) in [4.78, 5) is 14.0. The first kappa shape index (κ1) is 11.5. The highest BCUT2D eigenvalue weighted by molar-refractivity contribution is 5.76. The number of methoxy groups -OCH3 is 1. The summed E-state index contributed by atoms with van der Waals surface area (Å²) in [7, 11) is 1.50. The number of nitrogens with zero attached hydrogens (tertiary/aromatic N) is 1. The monoisotopic (exact) mass is 237 g/mol. The maximum atomic E-state index is 11.6. The summed E-state index contributed by atoms with van der Waals surface area (Å²) in [6, 6.07) is 0.622. The normalized spacial score (nSPS) is 42.2. The summed E-state index contributed by atoms with van der Waals surface area (Å²) >= 11 is 0. The van der Waals surface area contributed by atoms with E-state index in [-0.39, 0.29) is 12.0 Å². The summed E-state index contributed by atoms with van der Waals surface area (Å²) in [5.74, 6) is 2.73. The van der Waals surface area contributed by atoms with Gasteiger partial charge in [0, 0.05) is 12.6 Å². The molecule has 5 atom stereocenters. The van der Waals surface area contributed by atoms with Gasteiger partial charge in [0.15, 0.2) is 0 Å². The second kappa shape index (κ2) is 4.27. The van der Waals surface area contributed by atoms with Crippen molar-refractivity contribution >= 4 is 5.97 Å². The molecule has 0 aromatic carbocycles. The summed E-state index contributed by atoms with van der Waals surface area (Å²) in [6.45, 7) is 3.40. The van der Waals surface area contributed by atoms with Gasteiger partial charge in [0.2, 0.25) is 0 Å². The predicted octanol–water partition coefficient (Wildman–Crippen LogP) is 2.06. The van der Waals surface area contributed by atoms with Crippen molar-refractivity contribution in [1.82, 2.24) is 4.90 Å². The fourth-order valence-corrected chi connectivity index (χ4v) is 4.41. The fourth-order valence-electron chi connectivity index (χ4n) is 4.41. The van der Waals surface area contributed by atoms with Crippen LogP contribution in [0.15, 0.2) is 0 Å². The Hall–Kier alpha value is -0.570. The lowest BCUT2D eigenvalue weighted by Crippen LogP contribution is -2.58. The van der Waals surface area contributed by atoms with Gasteiger partial charge < -0.3 is 4.74 Å². The Labute approximate surface area is 104 Å².